The molecule has 0 aliphatic carbocycles. The van der Waals surface area contributed by atoms with E-state index in [4.69, 9.17) is 9.15 Å². The second-order valence-corrected chi connectivity index (χ2v) is 8.79. The molecule has 6 nitrogen and oxygen atoms in total. The molecule has 0 saturated heterocycles. The van der Waals surface area contributed by atoms with Crippen molar-refractivity contribution < 1.29 is 28.2 Å². The van der Waals surface area contributed by atoms with Crippen molar-refractivity contribution in [3.05, 3.63) is 138 Å². The number of amides is 1. The van der Waals surface area contributed by atoms with Crippen LogP contribution in [-0.4, -0.2) is 16.8 Å². The van der Waals surface area contributed by atoms with E-state index in [9.17, 15) is 19.1 Å². The fourth-order valence-electron chi connectivity index (χ4n) is 4.64. The number of rotatable bonds is 6. The van der Waals surface area contributed by atoms with E-state index in [2.05, 4.69) is 0 Å². The zero-order valence-corrected chi connectivity index (χ0v) is 19.9. The van der Waals surface area contributed by atoms with Gasteiger partial charge in [-0.15, -0.1) is 0 Å². The van der Waals surface area contributed by atoms with Crippen molar-refractivity contribution in [2.24, 2.45) is 0 Å². The Labute approximate surface area is 216 Å². The molecule has 0 saturated carbocycles. The number of hydrogen-bond donors (Lipinski definition) is 1. The van der Waals surface area contributed by atoms with Crippen LogP contribution in [0, 0.1) is 5.82 Å². The number of ketones is 1. The number of nitrogens with zero attached hydrogens (tertiary/aromatic N) is 1. The maximum atomic E-state index is 14.2. The third kappa shape index (κ3) is 4.10. The Hall–Kier alpha value is -5.17. The summed E-state index contributed by atoms with van der Waals surface area (Å²) in [6.45, 7) is 0. The Morgan fingerprint density at radius 3 is 2.37 bits per heavy atom. The monoisotopic (exact) mass is 505 g/mol. The maximum Gasteiger partial charge on any atom is 0.294 e. The van der Waals surface area contributed by atoms with Gasteiger partial charge >= 0.3 is 0 Å². The molecule has 186 valence electrons. The van der Waals surface area contributed by atoms with Crippen LogP contribution < -0.4 is 9.64 Å². The van der Waals surface area contributed by atoms with E-state index in [1.807, 2.05) is 24.3 Å². The van der Waals surface area contributed by atoms with Crippen molar-refractivity contribution >= 4 is 28.3 Å². The lowest BCUT2D eigenvalue weighted by Crippen LogP contribution is -2.31. The van der Waals surface area contributed by atoms with E-state index in [1.165, 1.54) is 23.1 Å². The first-order chi connectivity index (χ1) is 18.5. The molecule has 1 unspecified atom stereocenters. The van der Waals surface area contributed by atoms with Crippen molar-refractivity contribution in [1.82, 2.24) is 0 Å². The number of carbonyl (C=O) groups excluding carboxylic acids is 2. The summed E-state index contributed by atoms with van der Waals surface area (Å²) < 4.78 is 25.9. The normalized spacial score (nSPS) is 15.3. The number of anilines is 1. The average molecular weight is 506 g/mol. The second-order valence-electron chi connectivity index (χ2n) is 8.79. The molecule has 5 aromatic rings. The van der Waals surface area contributed by atoms with E-state index < -0.39 is 29.3 Å². The Balaban J connectivity index is 1.47. The fraction of sp³-hybridized carbons (Fsp3) is 0.0323. The van der Waals surface area contributed by atoms with Gasteiger partial charge in [-0.05, 0) is 60.2 Å². The molecule has 0 spiro atoms. The molecule has 1 aliphatic heterocycles. The lowest BCUT2D eigenvalue weighted by atomic mass is 9.94. The predicted molar refractivity (Wildman–Crippen MR) is 140 cm³/mol. The number of aliphatic hydroxyl groups excluding tert-OH is 1. The number of fused-ring (bicyclic) bond motifs is 1. The van der Waals surface area contributed by atoms with Crippen LogP contribution >= 0.6 is 0 Å². The summed E-state index contributed by atoms with van der Waals surface area (Å²) in [6.07, 6.45) is 0. The molecule has 1 aliphatic rings. The minimum Gasteiger partial charge on any atom is -0.503 e. The van der Waals surface area contributed by atoms with Gasteiger partial charge in [-0.1, -0.05) is 54.6 Å². The summed E-state index contributed by atoms with van der Waals surface area (Å²) in [5.41, 5.74) is 1.00. The van der Waals surface area contributed by atoms with Crippen LogP contribution in [0.5, 0.6) is 11.5 Å². The van der Waals surface area contributed by atoms with Crippen molar-refractivity contribution in [1.29, 1.82) is 0 Å². The largest absolute Gasteiger partial charge is 0.503 e. The van der Waals surface area contributed by atoms with Gasteiger partial charge < -0.3 is 14.3 Å². The average Bonchev–Trinajstić information content (AvgIpc) is 3.48. The zero-order valence-electron chi connectivity index (χ0n) is 19.9. The first-order valence-electron chi connectivity index (χ1n) is 11.9. The van der Waals surface area contributed by atoms with E-state index in [0.29, 0.717) is 28.0 Å². The van der Waals surface area contributed by atoms with Gasteiger partial charge in [-0.3, -0.25) is 14.5 Å². The Morgan fingerprint density at radius 1 is 0.842 bits per heavy atom. The molecule has 6 rings (SSSR count). The quantitative estimate of drug-likeness (QED) is 0.248. The summed E-state index contributed by atoms with van der Waals surface area (Å²) >= 11 is 0. The summed E-state index contributed by atoms with van der Waals surface area (Å²) in [6, 6.07) is 29.1. The van der Waals surface area contributed by atoms with E-state index >= 15 is 0 Å². The van der Waals surface area contributed by atoms with E-state index in [1.54, 1.807) is 66.7 Å². The number of ether oxygens (including phenoxy) is 1. The highest BCUT2D eigenvalue weighted by atomic mass is 19.1. The Kier molecular flexibility index (Phi) is 5.73. The number of Topliss-reactive ketones (excluding diaryl/α,β-unsaturated/α-hetero) is 1. The number of para-hydroxylation sites is 2. The van der Waals surface area contributed by atoms with Gasteiger partial charge in [0, 0.05) is 11.1 Å². The standard InChI is InChI=1S/C31H20FNO5/c32-21-10-7-11-22(18-21)33-28(20-9-6-14-24(16-20)37-23-12-2-1-3-13-23)27(30(35)31(33)36)29(34)26-17-19-8-4-5-15-25(19)38-26/h1-18,28,35H. The number of carbonyl (C=O) groups is 2. The van der Waals surface area contributed by atoms with Crippen LogP contribution in [0.2, 0.25) is 0 Å². The summed E-state index contributed by atoms with van der Waals surface area (Å²) in [4.78, 5) is 28.4. The van der Waals surface area contributed by atoms with Gasteiger partial charge in [0.25, 0.3) is 5.91 Å². The lowest BCUT2D eigenvalue weighted by molar-refractivity contribution is -0.117. The number of benzene rings is 4. The molecule has 2 heterocycles. The zero-order chi connectivity index (χ0) is 26.2. The van der Waals surface area contributed by atoms with Crippen LogP contribution in [0.3, 0.4) is 0 Å². The van der Waals surface area contributed by atoms with Gasteiger partial charge in [-0.25, -0.2) is 4.39 Å². The highest BCUT2D eigenvalue weighted by Crippen LogP contribution is 2.43. The van der Waals surface area contributed by atoms with Crippen LogP contribution in [0.15, 0.2) is 125 Å². The number of halogens is 1. The van der Waals surface area contributed by atoms with Crippen LogP contribution in [-0.2, 0) is 4.79 Å². The fourth-order valence-corrected chi connectivity index (χ4v) is 4.64. The van der Waals surface area contributed by atoms with Crippen LogP contribution in [0.4, 0.5) is 10.1 Å². The minimum atomic E-state index is -1.07. The SMILES string of the molecule is O=C(C1=C(O)C(=O)N(c2cccc(F)c2)C1c1cccc(Oc2ccccc2)c1)c1cc2ccccc2o1. The van der Waals surface area contributed by atoms with Crippen molar-refractivity contribution in [2.75, 3.05) is 4.90 Å². The topological polar surface area (TPSA) is 80.0 Å². The van der Waals surface area contributed by atoms with Crippen molar-refractivity contribution in [2.45, 2.75) is 6.04 Å². The molecule has 0 bridgehead atoms. The highest BCUT2D eigenvalue weighted by molar-refractivity contribution is 6.20. The van der Waals surface area contributed by atoms with Crippen LogP contribution in [0.1, 0.15) is 22.2 Å². The van der Waals surface area contributed by atoms with E-state index in [-0.39, 0.29) is 17.0 Å². The third-order valence-electron chi connectivity index (χ3n) is 6.34. The lowest BCUT2D eigenvalue weighted by Gasteiger charge is -2.27. The highest BCUT2D eigenvalue weighted by Gasteiger charge is 2.45. The van der Waals surface area contributed by atoms with Gasteiger partial charge in [-0.2, -0.15) is 0 Å². The van der Waals surface area contributed by atoms with Gasteiger partial charge in [0.1, 0.15) is 22.9 Å². The Bertz CT molecular complexity index is 1690. The number of furan rings is 1. The number of hydrogen-bond acceptors (Lipinski definition) is 5. The third-order valence-corrected chi connectivity index (χ3v) is 6.34. The second kappa shape index (κ2) is 9.37. The Morgan fingerprint density at radius 2 is 1.58 bits per heavy atom. The summed E-state index contributed by atoms with van der Waals surface area (Å²) in [5, 5.41) is 11.7. The molecular weight excluding hydrogens is 485 g/mol. The number of aliphatic hydroxyl groups is 1. The molecule has 1 N–H and O–H groups in total. The smallest absolute Gasteiger partial charge is 0.294 e. The molecule has 1 atom stereocenters. The molecule has 7 heteroatoms. The molecule has 1 aromatic heterocycles. The first-order valence-corrected chi connectivity index (χ1v) is 11.9. The molecule has 4 aromatic carbocycles. The van der Waals surface area contributed by atoms with Gasteiger partial charge in [0.15, 0.2) is 11.5 Å². The maximum absolute atomic E-state index is 14.2. The molecule has 1 amide bonds. The van der Waals surface area contributed by atoms with Gasteiger partial charge in [0.05, 0.1) is 11.6 Å². The molecule has 38 heavy (non-hydrogen) atoms. The predicted octanol–water partition coefficient (Wildman–Crippen LogP) is 7.15. The summed E-state index contributed by atoms with van der Waals surface area (Å²) in [7, 11) is 0. The first kappa shape index (κ1) is 23.2. The molecule has 0 fully saturated rings. The van der Waals surface area contributed by atoms with Gasteiger partial charge in [0.2, 0.25) is 5.78 Å². The molecule has 0 radical (unpaired) electrons. The minimum absolute atomic E-state index is 0.0247. The van der Waals surface area contributed by atoms with Crippen molar-refractivity contribution in [3.8, 4) is 11.5 Å². The van der Waals surface area contributed by atoms with Crippen LogP contribution in [0.25, 0.3) is 11.0 Å². The van der Waals surface area contributed by atoms with E-state index in [0.717, 1.165) is 0 Å². The summed E-state index contributed by atoms with van der Waals surface area (Å²) in [5.74, 6) is -1.72. The van der Waals surface area contributed by atoms with Crippen molar-refractivity contribution in [3.63, 3.8) is 0 Å². The molecular formula is C31H20FNO5.